The lowest BCUT2D eigenvalue weighted by Gasteiger charge is -2.32. The monoisotopic (exact) mass is 314 g/mol. The molecule has 0 spiro atoms. The van der Waals surface area contributed by atoms with Crippen LogP contribution in [-0.2, 0) is 9.53 Å². The van der Waals surface area contributed by atoms with Gasteiger partial charge < -0.3 is 19.4 Å². The molecule has 2 amide bonds. The van der Waals surface area contributed by atoms with Gasteiger partial charge >= 0.3 is 0 Å². The van der Waals surface area contributed by atoms with Crippen LogP contribution in [0.5, 0.6) is 0 Å². The molecule has 1 saturated heterocycles. The summed E-state index contributed by atoms with van der Waals surface area (Å²) in [5.74, 6) is -0.317. The van der Waals surface area contributed by atoms with Crippen molar-refractivity contribution < 1.29 is 18.7 Å². The molecule has 0 aliphatic carbocycles. The average molecular weight is 314 g/mol. The second-order valence-corrected chi connectivity index (χ2v) is 5.32. The summed E-state index contributed by atoms with van der Waals surface area (Å²) in [4.78, 5) is 26.0. The number of rotatable bonds is 3. The Morgan fingerprint density at radius 1 is 1.26 bits per heavy atom. The summed E-state index contributed by atoms with van der Waals surface area (Å²) >= 11 is 0. The number of carbonyl (C=O) groups excluding carboxylic acids is 2. The molecule has 6 nitrogen and oxygen atoms in total. The van der Waals surface area contributed by atoms with Gasteiger partial charge in [0, 0.05) is 24.7 Å². The predicted molar refractivity (Wildman–Crippen MR) is 83.9 cm³/mol. The summed E-state index contributed by atoms with van der Waals surface area (Å²) < 4.78 is 10.5. The Kier molecular flexibility index (Phi) is 4.43. The molecule has 1 atom stereocenters. The topological polar surface area (TPSA) is 71.8 Å². The van der Waals surface area contributed by atoms with Gasteiger partial charge in [-0.25, -0.2) is 0 Å². The van der Waals surface area contributed by atoms with Crippen molar-refractivity contribution in [1.29, 1.82) is 0 Å². The Morgan fingerprint density at radius 2 is 2.13 bits per heavy atom. The van der Waals surface area contributed by atoms with E-state index in [1.165, 1.54) is 0 Å². The van der Waals surface area contributed by atoms with E-state index in [2.05, 4.69) is 5.32 Å². The number of nitrogens with one attached hydrogen (secondary N) is 1. The maximum atomic E-state index is 12.7. The molecule has 0 saturated carbocycles. The maximum absolute atomic E-state index is 12.7. The zero-order valence-electron chi connectivity index (χ0n) is 12.8. The van der Waals surface area contributed by atoms with E-state index < -0.39 is 6.10 Å². The lowest BCUT2D eigenvalue weighted by Crippen LogP contribution is -2.51. The molecule has 23 heavy (non-hydrogen) atoms. The van der Waals surface area contributed by atoms with Crippen molar-refractivity contribution in [2.45, 2.75) is 6.10 Å². The molecular formula is C17H18N2O4. The number of morpholine rings is 1. The molecule has 6 heteroatoms. The maximum Gasteiger partial charge on any atom is 0.254 e. The number of nitrogens with zero attached hydrogens (tertiary/aromatic N) is 1. The van der Waals surface area contributed by atoms with Crippen molar-refractivity contribution in [1.82, 2.24) is 10.2 Å². The molecule has 1 N–H and O–H groups in total. The number of benzene rings is 1. The third-order valence-electron chi connectivity index (χ3n) is 3.86. The first-order valence-electron chi connectivity index (χ1n) is 7.44. The van der Waals surface area contributed by atoms with E-state index in [9.17, 15) is 9.59 Å². The summed E-state index contributed by atoms with van der Waals surface area (Å²) in [7, 11) is 1.56. The van der Waals surface area contributed by atoms with Gasteiger partial charge in [-0.15, -0.1) is 0 Å². The Balaban J connectivity index is 1.77. The minimum absolute atomic E-state index is 0.104. The fraction of sp³-hybridized carbons (Fsp3) is 0.294. The van der Waals surface area contributed by atoms with Crippen LogP contribution in [-0.4, -0.2) is 49.6 Å². The number of furan rings is 1. The fourth-order valence-corrected chi connectivity index (χ4v) is 2.60. The normalized spacial score (nSPS) is 17.8. The highest BCUT2D eigenvalue weighted by atomic mass is 16.5. The third-order valence-corrected chi connectivity index (χ3v) is 3.86. The van der Waals surface area contributed by atoms with Crippen LogP contribution in [0.1, 0.15) is 10.4 Å². The average Bonchev–Trinajstić information content (AvgIpc) is 3.15. The summed E-state index contributed by atoms with van der Waals surface area (Å²) in [6.45, 7) is 1.09. The van der Waals surface area contributed by atoms with Crippen LogP contribution in [0.4, 0.5) is 0 Å². The minimum Gasteiger partial charge on any atom is -0.472 e. The van der Waals surface area contributed by atoms with Gasteiger partial charge in [-0.3, -0.25) is 9.59 Å². The molecule has 3 rings (SSSR count). The number of likely N-dealkylation sites (N-methyl/N-ethyl adjacent to an activating group) is 1. The van der Waals surface area contributed by atoms with Crippen LogP contribution in [0.3, 0.4) is 0 Å². The van der Waals surface area contributed by atoms with Crippen LogP contribution in [0.2, 0.25) is 0 Å². The predicted octanol–water partition coefficient (Wildman–Crippen LogP) is 1.53. The van der Waals surface area contributed by atoms with Gasteiger partial charge in [-0.05, 0) is 23.8 Å². The van der Waals surface area contributed by atoms with Crippen molar-refractivity contribution in [3.05, 3.63) is 48.4 Å². The molecule has 120 valence electrons. The molecule has 1 aliphatic rings. The van der Waals surface area contributed by atoms with Gasteiger partial charge in [-0.1, -0.05) is 12.1 Å². The highest BCUT2D eigenvalue weighted by Gasteiger charge is 2.29. The number of ether oxygens (including phenoxy) is 1. The van der Waals surface area contributed by atoms with Crippen molar-refractivity contribution >= 4 is 11.8 Å². The highest BCUT2D eigenvalue weighted by Crippen LogP contribution is 2.22. The van der Waals surface area contributed by atoms with E-state index >= 15 is 0 Å². The molecule has 2 aromatic rings. The van der Waals surface area contributed by atoms with Crippen LogP contribution in [0, 0.1) is 0 Å². The van der Waals surface area contributed by atoms with Gasteiger partial charge in [0.1, 0.15) is 0 Å². The van der Waals surface area contributed by atoms with E-state index in [0.29, 0.717) is 18.7 Å². The van der Waals surface area contributed by atoms with Crippen LogP contribution < -0.4 is 5.32 Å². The van der Waals surface area contributed by atoms with Crippen LogP contribution >= 0.6 is 0 Å². The van der Waals surface area contributed by atoms with E-state index in [4.69, 9.17) is 9.15 Å². The Labute approximate surface area is 134 Å². The zero-order chi connectivity index (χ0) is 16.2. The number of hydrogen-bond donors (Lipinski definition) is 1. The molecule has 0 bridgehead atoms. The second-order valence-electron chi connectivity index (χ2n) is 5.32. The number of hydrogen-bond acceptors (Lipinski definition) is 4. The van der Waals surface area contributed by atoms with Gasteiger partial charge in [0.05, 0.1) is 25.7 Å². The van der Waals surface area contributed by atoms with Crippen molar-refractivity contribution in [3.63, 3.8) is 0 Å². The molecular weight excluding hydrogens is 296 g/mol. The Hall–Kier alpha value is -2.60. The van der Waals surface area contributed by atoms with Gasteiger partial charge in [0.15, 0.2) is 6.10 Å². The first kappa shape index (κ1) is 15.3. The van der Waals surface area contributed by atoms with Crippen LogP contribution in [0.25, 0.3) is 11.1 Å². The minimum atomic E-state index is -0.616. The zero-order valence-corrected chi connectivity index (χ0v) is 12.8. The van der Waals surface area contributed by atoms with Gasteiger partial charge in [0.25, 0.3) is 11.8 Å². The number of carbonyl (C=O) groups is 2. The molecule has 2 heterocycles. The van der Waals surface area contributed by atoms with Gasteiger partial charge in [0.2, 0.25) is 0 Å². The first-order chi connectivity index (χ1) is 11.2. The third kappa shape index (κ3) is 3.27. The lowest BCUT2D eigenvalue weighted by atomic mass is 10.0. The fourth-order valence-electron chi connectivity index (χ4n) is 2.60. The van der Waals surface area contributed by atoms with Crippen LogP contribution in [0.15, 0.2) is 47.3 Å². The highest BCUT2D eigenvalue weighted by molar-refractivity contribution is 5.96. The Morgan fingerprint density at radius 3 is 2.87 bits per heavy atom. The standard InChI is InChI=1S/C17H18N2O4/c1-18-16(20)15-10-19(6-8-23-15)17(21)13-4-2-3-12(9-13)14-5-7-22-11-14/h2-5,7,9,11,15H,6,8,10H2,1H3,(H,18,20). The molecule has 0 radical (unpaired) electrons. The first-order valence-corrected chi connectivity index (χ1v) is 7.44. The van der Waals surface area contributed by atoms with E-state index in [-0.39, 0.29) is 18.4 Å². The molecule has 1 aromatic heterocycles. The van der Waals surface area contributed by atoms with Crippen molar-refractivity contribution in [3.8, 4) is 11.1 Å². The summed E-state index contributed by atoms with van der Waals surface area (Å²) in [6.07, 6.45) is 2.62. The second kappa shape index (κ2) is 6.66. The van der Waals surface area contributed by atoms with Crippen molar-refractivity contribution in [2.75, 3.05) is 26.7 Å². The number of amides is 2. The Bertz CT molecular complexity index is 696. The smallest absolute Gasteiger partial charge is 0.254 e. The van der Waals surface area contributed by atoms with Crippen molar-refractivity contribution in [2.24, 2.45) is 0 Å². The molecule has 1 aliphatic heterocycles. The van der Waals surface area contributed by atoms with E-state index in [1.54, 1.807) is 30.5 Å². The summed E-state index contributed by atoms with van der Waals surface area (Å²) in [5.41, 5.74) is 2.42. The summed E-state index contributed by atoms with van der Waals surface area (Å²) in [5, 5.41) is 2.55. The molecule has 1 unspecified atom stereocenters. The quantitative estimate of drug-likeness (QED) is 0.932. The van der Waals surface area contributed by atoms with E-state index in [1.807, 2.05) is 24.3 Å². The lowest BCUT2D eigenvalue weighted by molar-refractivity contribution is -0.136. The molecule has 1 fully saturated rings. The molecule has 1 aromatic carbocycles. The van der Waals surface area contributed by atoms with Gasteiger partial charge in [-0.2, -0.15) is 0 Å². The summed E-state index contributed by atoms with van der Waals surface area (Å²) in [6, 6.07) is 9.22. The largest absolute Gasteiger partial charge is 0.472 e. The SMILES string of the molecule is CNC(=O)C1CN(C(=O)c2cccc(-c3ccoc3)c2)CCO1. The van der Waals surface area contributed by atoms with E-state index in [0.717, 1.165) is 11.1 Å².